The Morgan fingerprint density at radius 2 is 1.65 bits per heavy atom. The van der Waals surface area contributed by atoms with Gasteiger partial charge in [-0.3, -0.25) is 4.98 Å². The standard InChI is InChI=1S/C11H6BrCl3N2/c12-6-1-7(5-16-4-6)17-11-3-9(14)8(13)2-10(11)15/h1-5,17H. The van der Waals surface area contributed by atoms with Gasteiger partial charge in [-0.05, 0) is 34.1 Å². The summed E-state index contributed by atoms with van der Waals surface area (Å²) in [7, 11) is 0. The van der Waals surface area contributed by atoms with Crippen molar-refractivity contribution in [2.75, 3.05) is 5.32 Å². The average molecular weight is 352 g/mol. The Hall–Kier alpha value is -0.480. The zero-order valence-electron chi connectivity index (χ0n) is 8.35. The molecule has 0 saturated heterocycles. The van der Waals surface area contributed by atoms with Crippen LogP contribution in [0.15, 0.2) is 35.1 Å². The van der Waals surface area contributed by atoms with Crippen molar-refractivity contribution in [1.29, 1.82) is 0 Å². The maximum absolute atomic E-state index is 6.05. The first-order chi connectivity index (χ1) is 8.06. The Kier molecular flexibility index (Phi) is 4.15. The van der Waals surface area contributed by atoms with Crippen molar-refractivity contribution in [1.82, 2.24) is 4.98 Å². The lowest BCUT2D eigenvalue weighted by Crippen LogP contribution is -1.92. The lowest BCUT2D eigenvalue weighted by molar-refractivity contribution is 1.30. The molecule has 2 rings (SSSR count). The van der Waals surface area contributed by atoms with E-state index in [1.165, 1.54) is 0 Å². The van der Waals surface area contributed by atoms with Crippen molar-refractivity contribution in [3.8, 4) is 0 Å². The highest BCUT2D eigenvalue weighted by atomic mass is 79.9. The Labute approximate surface area is 122 Å². The molecule has 1 heterocycles. The fourth-order valence-corrected chi connectivity index (χ4v) is 2.21. The van der Waals surface area contributed by atoms with Crippen molar-refractivity contribution in [2.24, 2.45) is 0 Å². The van der Waals surface area contributed by atoms with Gasteiger partial charge in [-0.1, -0.05) is 34.8 Å². The molecule has 0 atom stereocenters. The minimum atomic E-state index is 0.426. The van der Waals surface area contributed by atoms with Gasteiger partial charge in [-0.15, -0.1) is 0 Å². The van der Waals surface area contributed by atoms with E-state index in [9.17, 15) is 0 Å². The van der Waals surface area contributed by atoms with Gasteiger partial charge in [-0.25, -0.2) is 0 Å². The molecular weight excluding hydrogens is 346 g/mol. The van der Waals surface area contributed by atoms with Crippen molar-refractivity contribution in [3.05, 3.63) is 50.1 Å². The molecule has 0 aliphatic heterocycles. The second-order valence-corrected chi connectivity index (χ2v) is 5.40. The normalized spacial score (nSPS) is 10.4. The average Bonchev–Trinajstić information content (AvgIpc) is 2.26. The molecule has 0 amide bonds. The van der Waals surface area contributed by atoms with Gasteiger partial charge in [-0.2, -0.15) is 0 Å². The molecule has 1 N–H and O–H groups in total. The molecule has 1 aromatic carbocycles. The van der Waals surface area contributed by atoms with Crippen molar-refractivity contribution in [2.45, 2.75) is 0 Å². The molecule has 2 nitrogen and oxygen atoms in total. The van der Waals surface area contributed by atoms with E-state index in [0.29, 0.717) is 20.8 Å². The van der Waals surface area contributed by atoms with E-state index in [1.54, 1.807) is 24.5 Å². The van der Waals surface area contributed by atoms with Crippen LogP contribution in [0.25, 0.3) is 0 Å². The molecule has 0 spiro atoms. The van der Waals surface area contributed by atoms with E-state index in [2.05, 4.69) is 26.2 Å². The topological polar surface area (TPSA) is 24.9 Å². The third-order valence-corrected chi connectivity index (χ3v) is 3.46. The first-order valence-corrected chi connectivity index (χ1v) is 6.51. The van der Waals surface area contributed by atoms with Gasteiger partial charge in [0, 0.05) is 10.7 Å². The Bertz CT molecular complexity index is 560. The number of pyridine rings is 1. The maximum Gasteiger partial charge on any atom is 0.0656 e. The third kappa shape index (κ3) is 3.26. The summed E-state index contributed by atoms with van der Waals surface area (Å²) in [4.78, 5) is 4.04. The van der Waals surface area contributed by atoms with E-state index >= 15 is 0 Å². The van der Waals surface area contributed by atoms with E-state index < -0.39 is 0 Å². The minimum Gasteiger partial charge on any atom is -0.353 e. The Morgan fingerprint density at radius 1 is 0.941 bits per heavy atom. The number of rotatable bonds is 2. The molecule has 0 unspecified atom stereocenters. The number of benzene rings is 1. The largest absolute Gasteiger partial charge is 0.353 e. The van der Waals surface area contributed by atoms with Crippen LogP contribution in [-0.4, -0.2) is 4.98 Å². The molecule has 17 heavy (non-hydrogen) atoms. The smallest absolute Gasteiger partial charge is 0.0656 e. The Morgan fingerprint density at radius 3 is 2.35 bits per heavy atom. The highest BCUT2D eigenvalue weighted by Gasteiger charge is 2.06. The lowest BCUT2D eigenvalue weighted by Gasteiger charge is -2.09. The summed E-state index contributed by atoms with van der Waals surface area (Å²) in [5, 5.41) is 4.48. The Balaban J connectivity index is 2.33. The molecule has 0 aliphatic rings. The predicted molar refractivity (Wildman–Crippen MR) is 76.7 cm³/mol. The first-order valence-electron chi connectivity index (χ1n) is 4.58. The number of hydrogen-bond donors (Lipinski definition) is 1. The first kappa shape index (κ1) is 13.0. The molecule has 0 radical (unpaired) electrons. The summed E-state index contributed by atoms with van der Waals surface area (Å²) < 4.78 is 0.874. The number of aromatic nitrogens is 1. The third-order valence-electron chi connectivity index (χ3n) is 1.99. The van der Waals surface area contributed by atoms with Gasteiger partial charge < -0.3 is 5.32 Å². The SMILES string of the molecule is Clc1cc(Cl)c(Nc2cncc(Br)c2)cc1Cl. The van der Waals surface area contributed by atoms with Crippen LogP contribution >= 0.6 is 50.7 Å². The van der Waals surface area contributed by atoms with Crippen LogP contribution in [0.4, 0.5) is 11.4 Å². The highest BCUT2D eigenvalue weighted by Crippen LogP contribution is 2.34. The second kappa shape index (κ2) is 5.44. The summed E-state index contributed by atoms with van der Waals surface area (Å²) in [5.41, 5.74) is 1.49. The van der Waals surface area contributed by atoms with E-state index in [4.69, 9.17) is 34.8 Å². The molecule has 88 valence electrons. The van der Waals surface area contributed by atoms with Crippen LogP contribution in [-0.2, 0) is 0 Å². The quantitative estimate of drug-likeness (QED) is 0.717. The van der Waals surface area contributed by atoms with Crippen LogP contribution in [0, 0.1) is 0 Å². The van der Waals surface area contributed by atoms with Crippen LogP contribution in [0.3, 0.4) is 0 Å². The molecule has 0 aliphatic carbocycles. The molecule has 6 heteroatoms. The van der Waals surface area contributed by atoms with E-state index in [-0.39, 0.29) is 0 Å². The molecule has 0 fully saturated rings. The number of nitrogens with zero attached hydrogens (tertiary/aromatic N) is 1. The minimum absolute atomic E-state index is 0.426. The number of nitrogens with one attached hydrogen (secondary N) is 1. The van der Waals surface area contributed by atoms with Gasteiger partial charge in [0.05, 0.1) is 32.6 Å². The van der Waals surface area contributed by atoms with Crippen LogP contribution in [0.5, 0.6) is 0 Å². The fraction of sp³-hybridized carbons (Fsp3) is 0. The van der Waals surface area contributed by atoms with Gasteiger partial charge in [0.1, 0.15) is 0 Å². The van der Waals surface area contributed by atoms with Crippen molar-refractivity contribution in [3.63, 3.8) is 0 Å². The van der Waals surface area contributed by atoms with Crippen LogP contribution in [0.1, 0.15) is 0 Å². The molecule has 2 aromatic rings. The zero-order valence-corrected chi connectivity index (χ0v) is 12.2. The predicted octanol–water partition coefficient (Wildman–Crippen LogP) is 5.55. The summed E-state index contributed by atoms with van der Waals surface area (Å²) in [6.07, 6.45) is 3.38. The summed E-state index contributed by atoms with van der Waals surface area (Å²) >= 11 is 21.2. The summed E-state index contributed by atoms with van der Waals surface area (Å²) in [6, 6.07) is 5.15. The van der Waals surface area contributed by atoms with Gasteiger partial charge >= 0.3 is 0 Å². The van der Waals surface area contributed by atoms with E-state index in [1.807, 2.05) is 6.07 Å². The van der Waals surface area contributed by atoms with Crippen molar-refractivity contribution >= 4 is 62.1 Å². The second-order valence-electron chi connectivity index (χ2n) is 3.26. The molecule has 0 saturated carbocycles. The number of halogens is 4. The van der Waals surface area contributed by atoms with E-state index in [0.717, 1.165) is 10.2 Å². The summed E-state index contributed by atoms with van der Waals surface area (Å²) in [5.74, 6) is 0. The number of hydrogen-bond acceptors (Lipinski definition) is 2. The van der Waals surface area contributed by atoms with Gasteiger partial charge in [0.2, 0.25) is 0 Å². The van der Waals surface area contributed by atoms with Crippen molar-refractivity contribution < 1.29 is 0 Å². The monoisotopic (exact) mass is 350 g/mol. The van der Waals surface area contributed by atoms with Crippen LogP contribution in [0.2, 0.25) is 15.1 Å². The molecule has 0 bridgehead atoms. The van der Waals surface area contributed by atoms with Gasteiger partial charge in [0.25, 0.3) is 0 Å². The number of anilines is 2. The summed E-state index contributed by atoms with van der Waals surface area (Å²) in [6.45, 7) is 0. The molecular formula is C11H6BrCl3N2. The molecule has 1 aromatic heterocycles. The van der Waals surface area contributed by atoms with Crippen LogP contribution < -0.4 is 5.32 Å². The van der Waals surface area contributed by atoms with Gasteiger partial charge in [0.15, 0.2) is 0 Å². The zero-order chi connectivity index (χ0) is 12.4. The maximum atomic E-state index is 6.05. The fourth-order valence-electron chi connectivity index (χ4n) is 1.25. The lowest BCUT2D eigenvalue weighted by atomic mass is 10.3. The highest BCUT2D eigenvalue weighted by molar-refractivity contribution is 9.10.